The Hall–Kier alpha value is -0.550. The first-order chi connectivity index (χ1) is 10.2. The minimum absolute atomic E-state index is 0.00830. The van der Waals surface area contributed by atoms with Crippen LogP contribution in [0, 0.1) is 5.92 Å². The number of aliphatic hydroxyl groups excluding tert-OH is 3. The van der Waals surface area contributed by atoms with Crippen LogP contribution in [0.1, 0.15) is 38.5 Å². The first kappa shape index (κ1) is 16.8. The molecule has 118 valence electrons. The van der Waals surface area contributed by atoms with E-state index in [9.17, 15) is 10.2 Å². The van der Waals surface area contributed by atoms with E-state index in [1.165, 1.54) is 11.3 Å². The molecule has 4 heteroatoms. The zero-order chi connectivity index (χ0) is 15.1. The summed E-state index contributed by atoms with van der Waals surface area (Å²) in [6.45, 7) is -0.0623. The summed E-state index contributed by atoms with van der Waals surface area (Å²) in [5.41, 5.74) is 0. The van der Waals surface area contributed by atoms with Gasteiger partial charge in [-0.15, -0.1) is 11.8 Å². The molecule has 3 nitrogen and oxygen atoms in total. The van der Waals surface area contributed by atoms with Crippen molar-refractivity contribution >= 4 is 11.8 Å². The molecule has 1 aliphatic carbocycles. The normalized spacial score (nSPS) is 20.9. The first-order valence-electron chi connectivity index (χ1n) is 7.86. The Morgan fingerprint density at radius 3 is 2.29 bits per heavy atom. The fourth-order valence-electron chi connectivity index (χ4n) is 3.28. The molecule has 1 aromatic rings. The predicted octanol–water partition coefficient (Wildman–Crippen LogP) is 2.83. The summed E-state index contributed by atoms with van der Waals surface area (Å²) in [5.74, 6) is -0.246. The Bertz CT molecular complexity index is 404. The number of rotatable bonds is 7. The Labute approximate surface area is 131 Å². The highest BCUT2D eigenvalue weighted by Gasteiger charge is 2.43. The van der Waals surface area contributed by atoms with Crippen LogP contribution in [0.2, 0.25) is 0 Å². The quantitative estimate of drug-likeness (QED) is 0.725. The summed E-state index contributed by atoms with van der Waals surface area (Å²) >= 11 is 1.75. The second-order valence-electron chi connectivity index (χ2n) is 5.94. The van der Waals surface area contributed by atoms with Crippen molar-refractivity contribution in [2.75, 3.05) is 13.2 Å². The van der Waals surface area contributed by atoms with Crippen molar-refractivity contribution in [3.05, 3.63) is 30.3 Å². The third kappa shape index (κ3) is 4.22. The van der Waals surface area contributed by atoms with E-state index in [1.54, 1.807) is 11.8 Å². The Morgan fingerprint density at radius 1 is 1.05 bits per heavy atom. The van der Waals surface area contributed by atoms with Gasteiger partial charge in [0.2, 0.25) is 0 Å². The molecule has 0 saturated heterocycles. The van der Waals surface area contributed by atoms with Crippen molar-refractivity contribution in [1.82, 2.24) is 0 Å². The second-order valence-corrected chi connectivity index (χ2v) is 7.43. The fraction of sp³-hybridized carbons (Fsp3) is 0.647. The van der Waals surface area contributed by atoms with E-state index in [4.69, 9.17) is 5.11 Å². The average molecular weight is 310 g/mol. The summed E-state index contributed by atoms with van der Waals surface area (Å²) in [5, 5.41) is 29.6. The van der Waals surface area contributed by atoms with E-state index in [-0.39, 0.29) is 23.9 Å². The average Bonchev–Trinajstić information content (AvgIpc) is 2.54. The molecule has 0 amide bonds. The molecule has 1 saturated carbocycles. The molecule has 0 bridgehead atoms. The number of aliphatic hydroxyl groups is 3. The van der Waals surface area contributed by atoms with Crippen LogP contribution in [0.15, 0.2) is 35.2 Å². The maximum absolute atomic E-state index is 10.9. The highest BCUT2D eigenvalue weighted by atomic mass is 32.2. The van der Waals surface area contributed by atoms with Crippen LogP contribution in [0.3, 0.4) is 0 Å². The molecular weight excluding hydrogens is 284 g/mol. The van der Waals surface area contributed by atoms with Gasteiger partial charge in [0.25, 0.3) is 0 Å². The van der Waals surface area contributed by atoms with Crippen LogP contribution < -0.4 is 0 Å². The number of benzene rings is 1. The van der Waals surface area contributed by atoms with Crippen LogP contribution in [0.4, 0.5) is 0 Å². The van der Waals surface area contributed by atoms with Crippen LogP contribution in [0.25, 0.3) is 0 Å². The van der Waals surface area contributed by atoms with Crippen molar-refractivity contribution in [2.45, 2.75) is 54.3 Å². The molecule has 0 heterocycles. The largest absolute Gasteiger partial charge is 0.396 e. The zero-order valence-corrected chi connectivity index (χ0v) is 13.3. The van der Waals surface area contributed by atoms with Gasteiger partial charge in [-0.2, -0.15) is 0 Å². The van der Waals surface area contributed by atoms with E-state index in [1.807, 2.05) is 18.2 Å². The van der Waals surface area contributed by atoms with E-state index < -0.39 is 6.10 Å². The van der Waals surface area contributed by atoms with Gasteiger partial charge >= 0.3 is 0 Å². The number of thioether (sulfide) groups is 1. The molecule has 2 atom stereocenters. The van der Waals surface area contributed by atoms with Crippen molar-refractivity contribution in [1.29, 1.82) is 0 Å². The molecule has 0 spiro atoms. The minimum Gasteiger partial charge on any atom is -0.396 e. The lowest BCUT2D eigenvalue weighted by molar-refractivity contribution is 0.0142. The van der Waals surface area contributed by atoms with Gasteiger partial charge in [-0.05, 0) is 31.4 Å². The van der Waals surface area contributed by atoms with Gasteiger partial charge in [0.1, 0.15) is 0 Å². The molecule has 2 rings (SSSR count). The molecule has 21 heavy (non-hydrogen) atoms. The monoisotopic (exact) mass is 310 g/mol. The van der Waals surface area contributed by atoms with Crippen LogP contribution in [-0.4, -0.2) is 39.4 Å². The highest BCUT2D eigenvalue weighted by Crippen LogP contribution is 2.48. The summed E-state index contributed by atoms with van der Waals surface area (Å²) in [6, 6.07) is 10.2. The minimum atomic E-state index is -0.583. The lowest BCUT2D eigenvalue weighted by Crippen LogP contribution is -2.46. The fourth-order valence-corrected chi connectivity index (χ4v) is 4.84. The molecule has 1 fully saturated rings. The lowest BCUT2D eigenvalue weighted by atomic mass is 9.78. The van der Waals surface area contributed by atoms with E-state index in [0.717, 1.165) is 25.7 Å². The van der Waals surface area contributed by atoms with Gasteiger partial charge < -0.3 is 15.3 Å². The number of hydrogen-bond acceptors (Lipinski definition) is 4. The molecule has 1 aromatic carbocycles. The zero-order valence-electron chi connectivity index (χ0n) is 12.4. The third-order valence-corrected chi connectivity index (χ3v) is 6.05. The molecule has 0 unspecified atom stereocenters. The molecule has 0 aromatic heterocycles. The smallest absolute Gasteiger partial charge is 0.0741 e. The van der Waals surface area contributed by atoms with E-state index in [0.29, 0.717) is 6.42 Å². The van der Waals surface area contributed by atoms with Gasteiger partial charge in [0.15, 0.2) is 0 Å². The topological polar surface area (TPSA) is 60.7 Å². The summed E-state index contributed by atoms with van der Waals surface area (Å²) in [7, 11) is 0. The van der Waals surface area contributed by atoms with Crippen molar-refractivity contribution < 1.29 is 15.3 Å². The summed E-state index contributed by atoms with van der Waals surface area (Å²) < 4.78 is -0.234. The van der Waals surface area contributed by atoms with Gasteiger partial charge in [-0.1, -0.05) is 37.5 Å². The summed E-state index contributed by atoms with van der Waals surface area (Å²) in [4.78, 5) is 1.17. The first-order valence-corrected chi connectivity index (χ1v) is 8.67. The summed E-state index contributed by atoms with van der Waals surface area (Å²) in [6.07, 6.45) is 5.26. The van der Waals surface area contributed by atoms with Gasteiger partial charge in [0, 0.05) is 28.8 Å². The van der Waals surface area contributed by atoms with Crippen LogP contribution in [-0.2, 0) is 0 Å². The van der Waals surface area contributed by atoms with Crippen LogP contribution in [0.5, 0.6) is 0 Å². The van der Waals surface area contributed by atoms with Crippen LogP contribution >= 0.6 is 11.8 Å². The van der Waals surface area contributed by atoms with Crippen molar-refractivity contribution in [2.24, 2.45) is 5.92 Å². The Morgan fingerprint density at radius 2 is 1.71 bits per heavy atom. The van der Waals surface area contributed by atoms with Gasteiger partial charge in [-0.25, -0.2) is 0 Å². The van der Waals surface area contributed by atoms with E-state index in [2.05, 4.69) is 12.1 Å². The predicted molar refractivity (Wildman–Crippen MR) is 86.4 cm³/mol. The maximum Gasteiger partial charge on any atom is 0.0741 e. The molecule has 0 radical (unpaired) electrons. The SMILES string of the molecule is OCC[C@H](CO)[C@@H](O)C1(Sc2ccccc2)CCCCC1. The Balaban J connectivity index is 2.19. The highest BCUT2D eigenvalue weighted by molar-refractivity contribution is 8.00. The van der Waals surface area contributed by atoms with Gasteiger partial charge in [0.05, 0.1) is 6.10 Å². The van der Waals surface area contributed by atoms with Crippen molar-refractivity contribution in [3.63, 3.8) is 0 Å². The lowest BCUT2D eigenvalue weighted by Gasteiger charge is -2.43. The van der Waals surface area contributed by atoms with E-state index >= 15 is 0 Å². The number of hydrogen-bond donors (Lipinski definition) is 3. The molecule has 1 aliphatic rings. The third-order valence-electron chi connectivity index (χ3n) is 4.48. The Kier molecular flexibility index (Phi) is 6.55. The molecule has 3 N–H and O–H groups in total. The van der Waals surface area contributed by atoms with Gasteiger partial charge in [-0.3, -0.25) is 0 Å². The standard InChI is InChI=1S/C17H26O3S/c18-12-9-14(13-19)16(20)17(10-5-2-6-11-17)21-15-7-3-1-4-8-15/h1,3-4,7-8,14,16,18-20H,2,5-6,9-13H2/t14-,16-/m1/s1. The molecular formula is C17H26O3S. The maximum atomic E-state index is 10.9. The van der Waals surface area contributed by atoms with Crippen molar-refractivity contribution in [3.8, 4) is 0 Å². The second kappa shape index (κ2) is 8.18. The molecule has 0 aliphatic heterocycles.